The second kappa shape index (κ2) is 56.0. The molecule has 0 saturated heterocycles. The van der Waals surface area contributed by atoms with E-state index in [1.807, 2.05) is 83.1 Å². The van der Waals surface area contributed by atoms with E-state index in [1.165, 1.54) is 64.2 Å². The summed E-state index contributed by atoms with van der Waals surface area (Å²) in [5, 5.41) is 0. The summed E-state index contributed by atoms with van der Waals surface area (Å²) in [5.41, 5.74) is 2.51. The van der Waals surface area contributed by atoms with Crippen LogP contribution in [-0.2, 0) is 14.4 Å². The topological polar surface area (TPSA) is 51.2 Å². The minimum Gasteiger partial charge on any atom is -0.300 e. The van der Waals surface area contributed by atoms with Crippen LogP contribution in [-0.4, -0.2) is 17.3 Å². The Morgan fingerprint density at radius 3 is 0.405 bits per heavy atom. The molecule has 0 aliphatic carbocycles. The average molecular weight is 1200 g/mol. The molecule has 0 rings (SSSR count). The molecule has 84 heavy (non-hydrogen) atoms. The second-order valence-electron chi connectivity index (χ2n) is 38.1. The van der Waals surface area contributed by atoms with Crippen molar-refractivity contribution in [1.29, 1.82) is 0 Å². The van der Waals surface area contributed by atoms with Gasteiger partial charge in [0.25, 0.3) is 0 Å². The maximum absolute atomic E-state index is 11.5. The Morgan fingerprint density at radius 2 is 0.405 bits per heavy atom. The first-order chi connectivity index (χ1) is 36.6. The van der Waals surface area contributed by atoms with Gasteiger partial charge in [-0.15, -0.1) is 0 Å². The standard InChI is InChI=1S/C9H18O.3C9H20.C7H14O.4C7H16.C5H10O.C5H12/c1-8(2,3)7(10)9(4,5)6;3*1-8(2,3)7-9(4,5)6;1-5(2)7(8)6(3)4;4*1-6(2)5-7(3)4;1-3-5(6)4-2;1-3-5-4-2/h1-6H3;3*7H2,1-6H3;5-6H,1-4H3;4*6-7H,5H2,1-4H3;3-4H2,1-2H3;3-5H2,1-2H3. The first-order valence-electron chi connectivity index (χ1n) is 35.2. The van der Waals surface area contributed by atoms with Crippen LogP contribution in [0.1, 0.15) is 409 Å². The van der Waals surface area contributed by atoms with Gasteiger partial charge in [-0.25, -0.2) is 0 Å². The third-order valence-corrected chi connectivity index (χ3v) is 10.9. The van der Waals surface area contributed by atoms with E-state index in [4.69, 9.17) is 0 Å². The lowest BCUT2D eigenvalue weighted by molar-refractivity contribution is -0.134. The summed E-state index contributed by atoms with van der Waals surface area (Å²) in [6.45, 7) is 105. The summed E-state index contributed by atoms with van der Waals surface area (Å²) in [7, 11) is 0. The maximum Gasteiger partial charge on any atom is 0.143 e. The molecule has 3 nitrogen and oxygen atoms in total. The van der Waals surface area contributed by atoms with Gasteiger partial charge in [0.2, 0.25) is 0 Å². The van der Waals surface area contributed by atoms with Crippen LogP contribution in [0.15, 0.2) is 0 Å². The molecule has 0 atom stereocenters. The van der Waals surface area contributed by atoms with Crippen LogP contribution < -0.4 is 0 Å². The molecule has 0 bridgehead atoms. The fourth-order valence-electron chi connectivity index (χ4n) is 10.9. The van der Waals surface area contributed by atoms with Gasteiger partial charge in [0.05, 0.1) is 0 Å². The summed E-state index contributed by atoms with van der Waals surface area (Å²) >= 11 is 0. The predicted molar refractivity (Wildman–Crippen MR) is 397 cm³/mol. The number of Topliss-reactive ketones (excluding diaryl/α,β-unsaturated/α-hetero) is 3. The highest BCUT2D eigenvalue weighted by Crippen LogP contribution is 2.34. The van der Waals surface area contributed by atoms with Crippen LogP contribution in [0, 0.1) is 102 Å². The van der Waals surface area contributed by atoms with Gasteiger partial charge in [0.1, 0.15) is 17.3 Å². The first kappa shape index (κ1) is 108. The highest BCUT2D eigenvalue weighted by Gasteiger charge is 2.31. The first-order valence-corrected chi connectivity index (χ1v) is 35.2. The molecule has 0 saturated carbocycles. The van der Waals surface area contributed by atoms with Crippen molar-refractivity contribution in [3.63, 3.8) is 0 Å². The lowest BCUT2D eigenvalue weighted by atomic mass is 9.76. The van der Waals surface area contributed by atoms with Gasteiger partial charge in [-0.05, 0) is 125 Å². The van der Waals surface area contributed by atoms with Crippen molar-refractivity contribution in [2.75, 3.05) is 0 Å². The number of rotatable bonds is 14. The van der Waals surface area contributed by atoms with Crippen LogP contribution in [0.4, 0.5) is 0 Å². The fraction of sp³-hybridized carbons (Fsp3) is 0.963. The summed E-state index contributed by atoms with van der Waals surface area (Å²) in [5.74, 6) is 8.42. The van der Waals surface area contributed by atoms with Crippen LogP contribution in [0.3, 0.4) is 0 Å². The largest absolute Gasteiger partial charge is 0.300 e. The van der Waals surface area contributed by atoms with Crippen LogP contribution in [0.2, 0.25) is 0 Å². The van der Waals surface area contributed by atoms with E-state index in [1.54, 1.807) is 0 Å². The monoisotopic (exact) mass is 1200 g/mol. The Morgan fingerprint density at radius 1 is 0.262 bits per heavy atom. The number of unbranched alkanes of at least 4 members (excludes halogenated alkanes) is 2. The third-order valence-electron chi connectivity index (χ3n) is 10.9. The zero-order valence-corrected chi connectivity index (χ0v) is 69.0. The molecule has 0 radical (unpaired) electrons. The Bertz CT molecular complexity index is 1160. The zero-order chi connectivity index (χ0) is 71.0. The van der Waals surface area contributed by atoms with Gasteiger partial charge in [-0.2, -0.15) is 0 Å². The molecule has 0 aliphatic heterocycles. The number of hydrogen-bond acceptors (Lipinski definition) is 3. The highest BCUT2D eigenvalue weighted by atomic mass is 16.1. The Kier molecular flexibility index (Phi) is 71.8. The molecule has 0 aromatic carbocycles. The zero-order valence-electron chi connectivity index (χ0n) is 69.0. The maximum atomic E-state index is 11.5. The average Bonchev–Trinajstić information content (AvgIpc) is 3.15. The lowest BCUT2D eigenvalue weighted by Gasteiger charge is -2.28. The Labute approximate surface area is 540 Å². The van der Waals surface area contributed by atoms with E-state index >= 15 is 0 Å². The van der Waals surface area contributed by atoms with Crippen molar-refractivity contribution in [3.8, 4) is 0 Å². The molecule has 3 heteroatoms. The molecule has 0 aromatic heterocycles. The van der Waals surface area contributed by atoms with E-state index < -0.39 is 0 Å². The Hall–Kier alpha value is -0.990. The normalized spacial score (nSPS) is 11.9. The molecule has 0 amide bonds. The minimum absolute atomic E-state index is 0.196. The quantitative estimate of drug-likeness (QED) is 0.174. The van der Waals surface area contributed by atoms with Gasteiger partial charge in [0, 0.05) is 35.5 Å². The smallest absolute Gasteiger partial charge is 0.143 e. The van der Waals surface area contributed by atoms with Gasteiger partial charge in [-0.3, -0.25) is 14.4 Å². The van der Waals surface area contributed by atoms with E-state index in [0.29, 0.717) is 62.7 Å². The van der Waals surface area contributed by atoms with Gasteiger partial charge in [-0.1, -0.05) is 352 Å². The highest BCUT2D eigenvalue weighted by molar-refractivity contribution is 5.88. The van der Waals surface area contributed by atoms with Crippen molar-refractivity contribution in [3.05, 3.63) is 0 Å². The molecule has 0 N–H and O–H groups in total. The van der Waals surface area contributed by atoms with Crippen molar-refractivity contribution in [2.45, 2.75) is 409 Å². The van der Waals surface area contributed by atoms with Crippen LogP contribution in [0.5, 0.6) is 0 Å². The molecule has 520 valence electrons. The van der Waals surface area contributed by atoms with Crippen molar-refractivity contribution in [1.82, 2.24) is 0 Å². The van der Waals surface area contributed by atoms with E-state index in [-0.39, 0.29) is 22.7 Å². The second-order valence-corrected chi connectivity index (χ2v) is 38.1. The SMILES string of the molecule is CC(C)(C)C(=O)C(C)(C)C.CC(C)(C)CC(C)(C)C.CC(C)(C)CC(C)(C)C.CC(C)(C)CC(C)(C)C.CC(C)C(=O)C(C)C.CC(C)CC(C)C.CC(C)CC(C)C.CC(C)CC(C)C.CC(C)CC(C)C.CCC(=O)CC.CCCCC. The summed E-state index contributed by atoms with van der Waals surface area (Å²) in [4.78, 5) is 32.5. The van der Waals surface area contributed by atoms with E-state index in [2.05, 4.69) is 249 Å². The number of carbonyl (C=O) groups excluding carboxylic acids is 3. The van der Waals surface area contributed by atoms with Gasteiger partial charge in [0.15, 0.2) is 0 Å². The van der Waals surface area contributed by atoms with Crippen LogP contribution in [0.25, 0.3) is 0 Å². The summed E-state index contributed by atoms with van der Waals surface area (Å²) in [6, 6.07) is 0. The predicted octanol–water partition coefficient (Wildman–Crippen LogP) is 29.2. The number of hydrogen-bond donors (Lipinski definition) is 0. The summed E-state index contributed by atoms with van der Waals surface area (Å²) < 4.78 is 0. The Balaban J connectivity index is -0.0000000779. The van der Waals surface area contributed by atoms with Crippen molar-refractivity contribution < 1.29 is 14.4 Å². The third kappa shape index (κ3) is 149. The molecule has 0 unspecified atom stereocenters. The molecule has 0 aliphatic rings. The van der Waals surface area contributed by atoms with Crippen molar-refractivity contribution in [2.24, 2.45) is 102 Å². The van der Waals surface area contributed by atoms with E-state index in [9.17, 15) is 14.4 Å². The number of carbonyl (C=O) groups is 3. The van der Waals surface area contributed by atoms with E-state index in [0.717, 1.165) is 47.3 Å². The van der Waals surface area contributed by atoms with Crippen molar-refractivity contribution >= 4 is 17.3 Å². The molecule has 0 heterocycles. The molecule has 0 fully saturated rings. The fourth-order valence-corrected chi connectivity index (χ4v) is 10.9. The molecular weight excluding hydrogens is 1020 g/mol. The molecule has 0 spiro atoms. The minimum atomic E-state index is -0.196. The number of ketones is 3. The molecular formula is C81H178O3. The van der Waals surface area contributed by atoms with Gasteiger partial charge < -0.3 is 0 Å². The van der Waals surface area contributed by atoms with Gasteiger partial charge >= 0.3 is 0 Å². The van der Waals surface area contributed by atoms with Crippen LogP contribution >= 0.6 is 0 Å². The summed E-state index contributed by atoms with van der Waals surface area (Å²) in [6.07, 6.45) is 14.8. The molecule has 0 aromatic rings. The lowest BCUT2D eigenvalue weighted by Crippen LogP contribution is -2.32.